The number of alkyl halides is 3. The van der Waals surface area contributed by atoms with E-state index in [1.165, 1.54) is 18.9 Å². The largest absolute Gasteiger partial charge is 0.416 e. The highest BCUT2D eigenvalue weighted by Crippen LogP contribution is 2.32. The first-order valence-electron chi connectivity index (χ1n) is 6.87. The van der Waals surface area contributed by atoms with E-state index in [1.807, 2.05) is 6.07 Å². The van der Waals surface area contributed by atoms with Crippen molar-refractivity contribution in [1.82, 2.24) is 10.3 Å². The molecule has 1 heterocycles. The maximum Gasteiger partial charge on any atom is 0.416 e. The van der Waals surface area contributed by atoms with Gasteiger partial charge in [0.05, 0.1) is 5.56 Å². The van der Waals surface area contributed by atoms with Gasteiger partial charge in [-0.3, -0.25) is 4.98 Å². The topological polar surface area (TPSA) is 24.9 Å². The molecule has 1 aromatic carbocycles. The van der Waals surface area contributed by atoms with Crippen LogP contribution in [-0.4, -0.2) is 11.0 Å². The molecule has 0 aliphatic heterocycles. The molecule has 1 aromatic heterocycles. The molecule has 0 saturated heterocycles. The Morgan fingerprint density at radius 2 is 1.90 bits per heavy atom. The third kappa shape index (κ3) is 3.61. The lowest BCUT2D eigenvalue weighted by Crippen LogP contribution is -2.15. The van der Waals surface area contributed by atoms with Gasteiger partial charge >= 0.3 is 6.18 Å². The number of aromatic nitrogens is 1. The second-order valence-corrected chi connectivity index (χ2v) is 5.32. The van der Waals surface area contributed by atoms with Crippen LogP contribution in [-0.2, 0) is 12.7 Å². The van der Waals surface area contributed by atoms with Crippen molar-refractivity contribution in [2.75, 3.05) is 0 Å². The predicted octanol–water partition coefficient (Wildman–Crippen LogP) is 4.02. The number of halogens is 3. The van der Waals surface area contributed by atoms with Gasteiger partial charge in [-0.15, -0.1) is 0 Å². The van der Waals surface area contributed by atoms with Gasteiger partial charge in [-0.2, -0.15) is 13.2 Å². The van der Waals surface area contributed by atoms with Gasteiger partial charge in [-0.25, -0.2) is 0 Å². The number of nitrogens with zero attached hydrogens (tertiary/aromatic N) is 1. The molecular formula is C16H15F3N2. The molecular weight excluding hydrogens is 277 g/mol. The maximum absolute atomic E-state index is 12.8. The van der Waals surface area contributed by atoms with Crippen LogP contribution in [0.3, 0.4) is 0 Å². The van der Waals surface area contributed by atoms with Crippen LogP contribution in [0.1, 0.15) is 24.0 Å². The minimum Gasteiger partial charge on any atom is -0.310 e. The van der Waals surface area contributed by atoms with E-state index < -0.39 is 11.7 Å². The van der Waals surface area contributed by atoms with Gasteiger partial charge in [0.1, 0.15) is 0 Å². The van der Waals surface area contributed by atoms with Crippen LogP contribution >= 0.6 is 0 Å². The monoisotopic (exact) mass is 292 g/mol. The van der Waals surface area contributed by atoms with Gasteiger partial charge in [0.25, 0.3) is 0 Å². The summed E-state index contributed by atoms with van der Waals surface area (Å²) in [5.41, 5.74) is 1.58. The standard InChI is InChI=1S/C16H15F3N2/c17-16(18,19)14-3-1-2-12(7-14)13-6-11(8-20-10-13)9-21-15-4-5-15/h1-3,6-8,10,15,21H,4-5,9H2. The first-order valence-corrected chi connectivity index (χ1v) is 6.87. The van der Waals surface area contributed by atoms with E-state index in [0.29, 0.717) is 23.7 Å². The van der Waals surface area contributed by atoms with Gasteiger partial charge < -0.3 is 5.32 Å². The van der Waals surface area contributed by atoms with Gasteiger partial charge in [-0.05, 0) is 42.2 Å². The summed E-state index contributed by atoms with van der Waals surface area (Å²) < 4.78 is 38.3. The van der Waals surface area contributed by atoms with Crippen molar-refractivity contribution in [3.05, 3.63) is 53.9 Å². The third-order valence-electron chi connectivity index (χ3n) is 3.49. The highest BCUT2D eigenvalue weighted by molar-refractivity contribution is 5.64. The zero-order chi connectivity index (χ0) is 14.9. The Morgan fingerprint density at radius 3 is 2.62 bits per heavy atom. The van der Waals surface area contributed by atoms with Crippen LogP contribution in [0, 0.1) is 0 Å². The minimum atomic E-state index is -4.32. The van der Waals surface area contributed by atoms with Crippen LogP contribution in [0.4, 0.5) is 13.2 Å². The molecule has 2 nitrogen and oxygen atoms in total. The highest BCUT2D eigenvalue weighted by atomic mass is 19.4. The smallest absolute Gasteiger partial charge is 0.310 e. The Bertz CT molecular complexity index is 633. The summed E-state index contributed by atoms with van der Waals surface area (Å²) in [6.07, 6.45) is 1.40. The molecule has 0 bridgehead atoms. The van der Waals surface area contributed by atoms with Crippen molar-refractivity contribution in [3.63, 3.8) is 0 Å². The number of pyridine rings is 1. The summed E-state index contributed by atoms with van der Waals surface area (Å²) in [5, 5.41) is 3.37. The summed E-state index contributed by atoms with van der Waals surface area (Å²) in [6, 6.07) is 7.81. The van der Waals surface area contributed by atoms with Crippen LogP contribution in [0.2, 0.25) is 0 Å². The second kappa shape index (κ2) is 5.48. The van der Waals surface area contributed by atoms with E-state index in [0.717, 1.165) is 17.7 Å². The molecule has 2 aromatic rings. The SMILES string of the molecule is FC(F)(F)c1cccc(-c2cncc(CNC3CC3)c2)c1. The summed E-state index contributed by atoms with van der Waals surface area (Å²) in [6.45, 7) is 0.699. The fourth-order valence-electron chi connectivity index (χ4n) is 2.17. The van der Waals surface area contributed by atoms with Gasteiger partial charge in [-0.1, -0.05) is 12.1 Å². The Kier molecular flexibility index (Phi) is 3.68. The van der Waals surface area contributed by atoms with Crippen LogP contribution in [0.5, 0.6) is 0 Å². The molecule has 0 atom stereocenters. The van der Waals surface area contributed by atoms with Crippen molar-refractivity contribution in [3.8, 4) is 11.1 Å². The molecule has 1 fully saturated rings. The number of hydrogen-bond donors (Lipinski definition) is 1. The zero-order valence-corrected chi connectivity index (χ0v) is 11.3. The van der Waals surface area contributed by atoms with Crippen molar-refractivity contribution < 1.29 is 13.2 Å². The Balaban J connectivity index is 1.83. The Labute approximate surface area is 121 Å². The molecule has 0 spiro atoms. The van der Waals surface area contributed by atoms with Crippen molar-refractivity contribution in [1.29, 1.82) is 0 Å². The fourth-order valence-corrected chi connectivity index (χ4v) is 2.17. The average molecular weight is 292 g/mol. The van der Waals surface area contributed by atoms with Gasteiger partial charge in [0.15, 0.2) is 0 Å². The van der Waals surface area contributed by atoms with E-state index in [9.17, 15) is 13.2 Å². The summed E-state index contributed by atoms with van der Waals surface area (Å²) in [5.74, 6) is 0. The number of nitrogens with one attached hydrogen (secondary N) is 1. The molecule has 0 radical (unpaired) electrons. The summed E-state index contributed by atoms with van der Waals surface area (Å²) >= 11 is 0. The fraction of sp³-hybridized carbons (Fsp3) is 0.312. The predicted molar refractivity (Wildman–Crippen MR) is 74.5 cm³/mol. The molecule has 1 N–H and O–H groups in total. The lowest BCUT2D eigenvalue weighted by molar-refractivity contribution is -0.137. The van der Waals surface area contributed by atoms with E-state index in [-0.39, 0.29) is 0 Å². The van der Waals surface area contributed by atoms with Crippen molar-refractivity contribution >= 4 is 0 Å². The lowest BCUT2D eigenvalue weighted by atomic mass is 10.0. The van der Waals surface area contributed by atoms with E-state index in [2.05, 4.69) is 10.3 Å². The Hall–Kier alpha value is -1.88. The Morgan fingerprint density at radius 1 is 1.10 bits per heavy atom. The first kappa shape index (κ1) is 14.1. The molecule has 21 heavy (non-hydrogen) atoms. The summed E-state index contributed by atoms with van der Waals surface area (Å²) in [7, 11) is 0. The second-order valence-electron chi connectivity index (χ2n) is 5.32. The highest BCUT2D eigenvalue weighted by Gasteiger charge is 2.30. The lowest BCUT2D eigenvalue weighted by Gasteiger charge is -2.10. The van der Waals surface area contributed by atoms with E-state index >= 15 is 0 Å². The van der Waals surface area contributed by atoms with Gasteiger partial charge in [0, 0.05) is 30.5 Å². The molecule has 0 amide bonds. The zero-order valence-electron chi connectivity index (χ0n) is 11.3. The molecule has 0 unspecified atom stereocenters. The molecule has 3 rings (SSSR count). The molecule has 1 saturated carbocycles. The third-order valence-corrected chi connectivity index (χ3v) is 3.49. The number of rotatable bonds is 4. The number of hydrogen-bond acceptors (Lipinski definition) is 2. The van der Waals surface area contributed by atoms with Crippen molar-refractivity contribution in [2.45, 2.75) is 31.6 Å². The minimum absolute atomic E-state index is 0.533. The molecule has 5 heteroatoms. The van der Waals surface area contributed by atoms with E-state index in [4.69, 9.17) is 0 Å². The maximum atomic E-state index is 12.8. The van der Waals surface area contributed by atoms with Crippen LogP contribution < -0.4 is 5.32 Å². The van der Waals surface area contributed by atoms with Crippen LogP contribution in [0.15, 0.2) is 42.7 Å². The van der Waals surface area contributed by atoms with E-state index in [1.54, 1.807) is 18.5 Å². The molecule has 110 valence electrons. The molecule has 1 aliphatic rings. The van der Waals surface area contributed by atoms with Gasteiger partial charge in [0.2, 0.25) is 0 Å². The average Bonchev–Trinajstić information content (AvgIpc) is 3.29. The first-order chi connectivity index (χ1) is 10.0. The quantitative estimate of drug-likeness (QED) is 0.920. The normalized spacial score (nSPS) is 15.2. The van der Waals surface area contributed by atoms with Crippen LogP contribution in [0.25, 0.3) is 11.1 Å². The summed E-state index contributed by atoms with van der Waals surface area (Å²) in [4.78, 5) is 4.13. The molecule has 1 aliphatic carbocycles. The number of benzene rings is 1. The van der Waals surface area contributed by atoms with Crippen molar-refractivity contribution in [2.24, 2.45) is 0 Å².